The van der Waals surface area contributed by atoms with E-state index in [-0.39, 0.29) is 11.3 Å². The molecule has 0 bridgehead atoms. The summed E-state index contributed by atoms with van der Waals surface area (Å²) in [5.74, 6) is 0.0660. The Morgan fingerprint density at radius 1 is 1.00 bits per heavy atom. The zero-order valence-electron chi connectivity index (χ0n) is 14.8. The van der Waals surface area contributed by atoms with Crippen molar-refractivity contribution < 1.29 is 14.5 Å². The van der Waals surface area contributed by atoms with E-state index in [4.69, 9.17) is 4.74 Å². The van der Waals surface area contributed by atoms with Crippen molar-refractivity contribution in [2.45, 2.75) is 6.61 Å². The Morgan fingerprint density at radius 3 is 2.39 bits per heavy atom. The fourth-order valence-electron chi connectivity index (χ4n) is 2.44. The van der Waals surface area contributed by atoms with Gasteiger partial charge in [-0.05, 0) is 41.5 Å². The number of rotatable bonds is 7. The second-order valence-electron chi connectivity index (χ2n) is 5.82. The molecule has 28 heavy (non-hydrogen) atoms. The molecule has 7 heteroatoms. The zero-order chi connectivity index (χ0) is 19.8. The topological polar surface area (TPSA) is 93.8 Å². The predicted octanol–water partition coefficient (Wildman–Crippen LogP) is 3.94. The fourth-order valence-corrected chi connectivity index (χ4v) is 2.44. The molecule has 0 aliphatic rings. The van der Waals surface area contributed by atoms with Gasteiger partial charge in [-0.2, -0.15) is 5.10 Å². The highest BCUT2D eigenvalue weighted by atomic mass is 16.6. The van der Waals surface area contributed by atoms with Crippen molar-refractivity contribution in [1.82, 2.24) is 5.43 Å². The standard InChI is InChI=1S/C21H17N3O4/c25-21(19-8-4-5-9-20(19)24(26)27)23-22-14-16-10-12-18(13-11-16)28-15-17-6-2-1-3-7-17/h1-14H,15H2,(H,23,25)/b22-14+. The van der Waals surface area contributed by atoms with Gasteiger partial charge in [-0.25, -0.2) is 5.43 Å². The number of nitrogens with one attached hydrogen (secondary N) is 1. The van der Waals surface area contributed by atoms with Crippen molar-refractivity contribution in [2.75, 3.05) is 0 Å². The molecule has 0 radical (unpaired) electrons. The van der Waals surface area contributed by atoms with E-state index in [1.165, 1.54) is 24.4 Å². The van der Waals surface area contributed by atoms with Crippen LogP contribution in [0.15, 0.2) is 84.0 Å². The van der Waals surface area contributed by atoms with E-state index < -0.39 is 10.8 Å². The van der Waals surface area contributed by atoms with Crippen LogP contribution < -0.4 is 10.2 Å². The molecular formula is C21H17N3O4. The van der Waals surface area contributed by atoms with Gasteiger partial charge in [-0.1, -0.05) is 42.5 Å². The van der Waals surface area contributed by atoms with Crippen LogP contribution in [-0.2, 0) is 6.61 Å². The summed E-state index contributed by atoms with van der Waals surface area (Å²) in [4.78, 5) is 22.5. The SMILES string of the molecule is O=C(N/N=C/c1ccc(OCc2ccccc2)cc1)c1ccccc1[N+](=O)[O-]. The van der Waals surface area contributed by atoms with Gasteiger partial charge in [0.2, 0.25) is 0 Å². The maximum Gasteiger partial charge on any atom is 0.282 e. The van der Waals surface area contributed by atoms with Gasteiger partial charge in [0.1, 0.15) is 17.9 Å². The maximum atomic E-state index is 12.1. The number of carbonyl (C=O) groups excluding carboxylic acids is 1. The summed E-state index contributed by atoms with van der Waals surface area (Å²) in [5.41, 5.74) is 3.80. The maximum absolute atomic E-state index is 12.1. The van der Waals surface area contributed by atoms with E-state index in [2.05, 4.69) is 10.5 Å². The summed E-state index contributed by atoms with van der Waals surface area (Å²) in [6, 6.07) is 22.7. The molecule has 0 heterocycles. The predicted molar refractivity (Wildman–Crippen MR) is 105 cm³/mol. The second-order valence-corrected chi connectivity index (χ2v) is 5.82. The van der Waals surface area contributed by atoms with Crippen molar-refractivity contribution in [3.63, 3.8) is 0 Å². The molecule has 0 aromatic heterocycles. The van der Waals surface area contributed by atoms with E-state index in [0.29, 0.717) is 12.4 Å². The lowest BCUT2D eigenvalue weighted by Crippen LogP contribution is -2.18. The molecule has 140 valence electrons. The fraction of sp³-hybridized carbons (Fsp3) is 0.0476. The summed E-state index contributed by atoms with van der Waals surface area (Å²) in [5, 5.41) is 14.8. The van der Waals surface area contributed by atoms with Crippen LogP contribution in [0.3, 0.4) is 0 Å². The van der Waals surface area contributed by atoms with Crippen LogP contribution in [0.4, 0.5) is 5.69 Å². The minimum atomic E-state index is -0.647. The number of nitrogens with zero attached hydrogens (tertiary/aromatic N) is 2. The molecule has 0 saturated carbocycles. The number of amides is 1. The quantitative estimate of drug-likeness (QED) is 0.384. The van der Waals surface area contributed by atoms with Gasteiger partial charge >= 0.3 is 0 Å². The summed E-state index contributed by atoms with van der Waals surface area (Å²) in [7, 11) is 0. The monoisotopic (exact) mass is 375 g/mol. The van der Waals surface area contributed by atoms with E-state index >= 15 is 0 Å². The summed E-state index contributed by atoms with van der Waals surface area (Å²) in [6.45, 7) is 0.472. The average molecular weight is 375 g/mol. The normalized spacial score (nSPS) is 10.6. The van der Waals surface area contributed by atoms with E-state index in [9.17, 15) is 14.9 Å². The van der Waals surface area contributed by atoms with Crippen LogP contribution in [0.1, 0.15) is 21.5 Å². The number of para-hydroxylation sites is 1. The number of hydrogen-bond acceptors (Lipinski definition) is 5. The number of hydrazone groups is 1. The van der Waals surface area contributed by atoms with Crippen LogP contribution in [0.2, 0.25) is 0 Å². The Hall–Kier alpha value is -4.00. The number of hydrogen-bond donors (Lipinski definition) is 1. The first-order valence-corrected chi connectivity index (χ1v) is 8.47. The van der Waals surface area contributed by atoms with Gasteiger partial charge in [0.15, 0.2) is 0 Å². The highest BCUT2D eigenvalue weighted by Gasteiger charge is 2.18. The van der Waals surface area contributed by atoms with Gasteiger partial charge < -0.3 is 4.74 Å². The van der Waals surface area contributed by atoms with Gasteiger partial charge in [-0.3, -0.25) is 14.9 Å². The minimum absolute atomic E-state index is 0.0469. The van der Waals surface area contributed by atoms with Gasteiger partial charge in [0.25, 0.3) is 11.6 Å². The molecule has 0 spiro atoms. The summed E-state index contributed by atoms with van der Waals surface area (Å²) in [6.07, 6.45) is 1.45. The number of carbonyl (C=O) groups is 1. The third-order valence-corrected chi connectivity index (χ3v) is 3.85. The Morgan fingerprint density at radius 2 is 1.68 bits per heavy atom. The number of ether oxygens (including phenoxy) is 1. The number of nitro groups is 1. The van der Waals surface area contributed by atoms with Crippen LogP contribution in [0.25, 0.3) is 0 Å². The Balaban J connectivity index is 1.56. The zero-order valence-corrected chi connectivity index (χ0v) is 14.8. The molecule has 3 aromatic rings. The van der Waals surface area contributed by atoms with Crippen LogP contribution in [0.5, 0.6) is 5.75 Å². The summed E-state index contributed by atoms with van der Waals surface area (Å²) >= 11 is 0. The van der Waals surface area contributed by atoms with Gasteiger partial charge in [0, 0.05) is 6.07 Å². The third kappa shape index (κ3) is 5.01. The van der Waals surface area contributed by atoms with Crippen LogP contribution in [0, 0.1) is 10.1 Å². The third-order valence-electron chi connectivity index (χ3n) is 3.85. The molecule has 1 N–H and O–H groups in total. The lowest BCUT2D eigenvalue weighted by Gasteiger charge is -2.06. The first-order valence-electron chi connectivity index (χ1n) is 8.47. The largest absolute Gasteiger partial charge is 0.489 e. The van der Waals surface area contributed by atoms with Crippen molar-refractivity contribution in [3.8, 4) is 5.75 Å². The van der Waals surface area contributed by atoms with Crippen molar-refractivity contribution >= 4 is 17.8 Å². The van der Waals surface area contributed by atoms with E-state index in [1.807, 2.05) is 30.3 Å². The van der Waals surface area contributed by atoms with Crippen molar-refractivity contribution in [1.29, 1.82) is 0 Å². The van der Waals surface area contributed by atoms with Crippen LogP contribution >= 0.6 is 0 Å². The smallest absolute Gasteiger partial charge is 0.282 e. The average Bonchev–Trinajstić information content (AvgIpc) is 2.74. The molecule has 0 fully saturated rings. The first kappa shape index (κ1) is 18.8. The molecule has 3 rings (SSSR count). The van der Waals surface area contributed by atoms with E-state index in [0.717, 1.165) is 11.1 Å². The molecule has 0 atom stereocenters. The molecule has 1 amide bonds. The van der Waals surface area contributed by atoms with Crippen LogP contribution in [-0.4, -0.2) is 17.0 Å². The lowest BCUT2D eigenvalue weighted by molar-refractivity contribution is -0.385. The molecule has 7 nitrogen and oxygen atoms in total. The molecule has 0 unspecified atom stereocenters. The van der Waals surface area contributed by atoms with Crippen molar-refractivity contribution in [2.24, 2.45) is 5.10 Å². The van der Waals surface area contributed by atoms with Crippen molar-refractivity contribution in [3.05, 3.63) is 106 Å². The van der Waals surface area contributed by atoms with Gasteiger partial charge in [0.05, 0.1) is 11.1 Å². The number of nitro benzene ring substituents is 1. The molecular weight excluding hydrogens is 358 g/mol. The van der Waals surface area contributed by atoms with Gasteiger partial charge in [-0.15, -0.1) is 0 Å². The van der Waals surface area contributed by atoms with E-state index in [1.54, 1.807) is 30.3 Å². The summed E-state index contributed by atoms with van der Waals surface area (Å²) < 4.78 is 5.71. The lowest BCUT2D eigenvalue weighted by atomic mass is 10.2. The molecule has 0 aliphatic carbocycles. The molecule has 0 saturated heterocycles. The Kier molecular flexibility index (Phi) is 6.10. The second kappa shape index (κ2) is 9.09. The minimum Gasteiger partial charge on any atom is -0.489 e. The Bertz CT molecular complexity index is 986. The highest BCUT2D eigenvalue weighted by Crippen LogP contribution is 2.17. The Labute approximate surface area is 161 Å². The number of benzene rings is 3. The highest BCUT2D eigenvalue weighted by molar-refractivity contribution is 5.98. The molecule has 0 aliphatic heterocycles. The first-order chi connectivity index (χ1) is 13.6. The molecule has 3 aromatic carbocycles.